The first-order valence-corrected chi connectivity index (χ1v) is 23.9. The van der Waals surface area contributed by atoms with Crippen LogP contribution in [0, 0.1) is 23.9 Å². The number of nitrogens with one attached hydrogen (secondary N) is 3. The van der Waals surface area contributed by atoms with Crippen molar-refractivity contribution in [2.75, 3.05) is 47.4 Å². The van der Waals surface area contributed by atoms with Gasteiger partial charge in [-0.3, -0.25) is 25.0 Å². The van der Waals surface area contributed by atoms with Gasteiger partial charge in [0.2, 0.25) is 5.91 Å². The van der Waals surface area contributed by atoms with Crippen molar-refractivity contribution in [3.05, 3.63) is 84.5 Å². The SMILES string of the molecule is C#COCC(C)(C)Cc1c(-c2cccnc2C(C)CC)n(CC)c2ccc(/C(=C/C)N=C(C)CCCCCCNNNC(=O)C(C(C)C)N(C)C(=C)N3CCC3)cc12.C=CC(=O)N(C)C.C=O. The number of fused-ring (bicyclic) bond motifs is 1. The Kier molecular flexibility index (Phi) is 25.0. The van der Waals surface area contributed by atoms with Gasteiger partial charge in [-0.15, -0.1) is 0 Å². The lowest BCUT2D eigenvalue weighted by molar-refractivity contribution is -0.128. The number of ether oxygens (including phenoxy) is 1. The number of benzene rings is 1. The fraction of sp³-hybridized carbons (Fsp3) is 0.537. The molecule has 1 aliphatic heterocycles. The lowest BCUT2D eigenvalue weighted by Crippen LogP contribution is -2.57. The highest BCUT2D eigenvalue weighted by atomic mass is 16.5. The number of likely N-dealkylation sites (tertiary alicyclic amines) is 1. The summed E-state index contributed by atoms with van der Waals surface area (Å²) in [4.78, 5) is 47.1. The minimum Gasteiger partial charge on any atom is -0.446 e. The number of aromatic nitrogens is 2. The molecular formula is C54H83N9O4. The van der Waals surface area contributed by atoms with Crippen molar-refractivity contribution in [1.82, 2.24) is 40.6 Å². The minimum atomic E-state index is -0.301. The van der Waals surface area contributed by atoms with Crippen molar-refractivity contribution in [1.29, 1.82) is 0 Å². The highest BCUT2D eigenvalue weighted by Crippen LogP contribution is 2.41. The van der Waals surface area contributed by atoms with Crippen LogP contribution in [0.4, 0.5) is 0 Å². The second-order valence-electron chi connectivity index (χ2n) is 18.5. The Morgan fingerprint density at radius 3 is 2.31 bits per heavy atom. The van der Waals surface area contributed by atoms with Crippen LogP contribution in [0.5, 0.6) is 0 Å². The van der Waals surface area contributed by atoms with E-state index in [1.54, 1.807) is 14.1 Å². The standard InChI is InChI=1S/C48H72N8O2.C5H9NO.CH2O/c1-13-35(7)44-39(24-21-27-49-44)46-41(32-48(10,11)33-58-16-4)40-31-38(25-26-43(40)56(46)15-3)42(14-2)51-36(8)23-19-17-18-20-28-50-53-52-47(57)45(34(5)6)54(12)37(9)55-29-22-30-55;1-4-5(7)6(2)3;1-2/h4,14,21,24-27,31,34-35,45,50,53H,9,13,15,17-20,22-23,28-30,32-33H2,1-3,5-8,10-12H3,(H,52,57);4H,1H2,2-3H3;1H2/b42-14-,51-36?;;. The van der Waals surface area contributed by atoms with E-state index in [-0.39, 0.29) is 29.2 Å². The monoisotopic (exact) mass is 922 g/mol. The van der Waals surface area contributed by atoms with Gasteiger partial charge in [-0.1, -0.05) is 86.1 Å². The number of aliphatic imine (C=N–C) groups is 1. The molecular weight excluding hydrogens is 839 g/mol. The van der Waals surface area contributed by atoms with Gasteiger partial charge in [0.1, 0.15) is 25.5 Å². The molecule has 2 aromatic heterocycles. The number of terminal acetylenes is 1. The molecule has 3 aromatic rings. The summed E-state index contributed by atoms with van der Waals surface area (Å²) in [5.41, 5.74) is 18.0. The number of amides is 2. The third kappa shape index (κ3) is 16.8. The molecule has 0 aliphatic carbocycles. The van der Waals surface area contributed by atoms with Crippen LogP contribution in [0.25, 0.3) is 27.9 Å². The van der Waals surface area contributed by atoms with Crippen molar-refractivity contribution in [2.24, 2.45) is 16.3 Å². The van der Waals surface area contributed by atoms with Crippen molar-refractivity contribution in [3.8, 4) is 23.8 Å². The molecule has 3 heterocycles. The fourth-order valence-corrected chi connectivity index (χ4v) is 8.18. The zero-order chi connectivity index (χ0) is 50.3. The molecule has 0 radical (unpaired) electrons. The van der Waals surface area contributed by atoms with Crippen molar-refractivity contribution in [2.45, 2.75) is 132 Å². The van der Waals surface area contributed by atoms with Gasteiger partial charge in [0.05, 0.1) is 22.9 Å². The summed E-state index contributed by atoms with van der Waals surface area (Å²) in [7, 11) is 5.32. The molecule has 2 amide bonds. The summed E-state index contributed by atoms with van der Waals surface area (Å²) in [5, 5.41) is 1.23. The van der Waals surface area contributed by atoms with Crippen LogP contribution in [0.1, 0.15) is 130 Å². The largest absolute Gasteiger partial charge is 0.446 e. The molecule has 2 atom stereocenters. The van der Waals surface area contributed by atoms with Gasteiger partial charge in [0.15, 0.2) is 0 Å². The average molecular weight is 922 g/mol. The molecule has 13 heteroatoms. The number of rotatable bonds is 25. The topological polar surface area (TPSA) is 136 Å². The Balaban J connectivity index is 0.00000156. The Morgan fingerprint density at radius 1 is 1.07 bits per heavy atom. The van der Waals surface area contributed by atoms with E-state index in [0.29, 0.717) is 12.5 Å². The lowest BCUT2D eigenvalue weighted by atomic mass is 9.84. The van der Waals surface area contributed by atoms with Gasteiger partial charge in [-0.05, 0) is 107 Å². The minimum absolute atomic E-state index is 0.0556. The first-order chi connectivity index (χ1) is 32.0. The van der Waals surface area contributed by atoms with Gasteiger partial charge in [0.25, 0.3) is 5.91 Å². The molecule has 0 saturated carbocycles. The van der Waals surface area contributed by atoms with Gasteiger partial charge >= 0.3 is 0 Å². The van der Waals surface area contributed by atoms with Crippen LogP contribution in [0.3, 0.4) is 0 Å². The summed E-state index contributed by atoms with van der Waals surface area (Å²) < 4.78 is 7.99. The van der Waals surface area contributed by atoms with E-state index in [9.17, 15) is 9.59 Å². The smallest absolute Gasteiger partial charge is 0.258 e. The average Bonchev–Trinajstić information content (AvgIpc) is 3.60. The number of likely N-dealkylation sites (N-methyl/N-ethyl adjacent to an activating group) is 2. The quantitative estimate of drug-likeness (QED) is 0.0250. The van der Waals surface area contributed by atoms with E-state index in [1.807, 2.05) is 24.9 Å². The number of carbonyl (C=O) groups excluding carboxylic acids is 3. The molecule has 3 N–H and O–H groups in total. The number of carbonyl (C=O) groups is 3. The highest BCUT2D eigenvalue weighted by molar-refractivity contribution is 5.96. The van der Waals surface area contributed by atoms with Crippen LogP contribution < -0.4 is 16.4 Å². The van der Waals surface area contributed by atoms with E-state index in [4.69, 9.17) is 25.9 Å². The maximum atomic E-state index is 13.0. The van der Waals surface area contributed by atoms with E-state index in [2.05, 4.69) is 144 Å². The molecule has 1 fully saturated rings. The molecule has 0 bridgehead atoms. The second-order valence-corrected chi connectivity index (χ2v) is 18.5. The Bertz CT molecular complexity index is 2160. The van der Waals surface area contributed by atoms with Crippen LogP contribution in [0.15, 0.2) is 72.7 Å². The Morgan fingerprint density at radius 2 is 1.76 bits per heavy atom. The summed E-state index contributed by atoms with van der Waals surface area (Å²) in [5.74, 6) is 1.26. The van der Waals surface area contributed by atoms with E-state index in [0.717, 1.165) is 99.6 Å². The van der Waals surface area contributed by atoms with Gasteiger partial charge in [0, 0.05) is 86.7 Å². The number of hydrogen-bond donors (Lipinski definition) is 3. The van der Waals surface area contributed by atoms with Crippen molar-refractivity contribution in [3.63, 3.8) is 0 Å². The number of hydrazine groups is 2. The molecule has 1 saturated heterocycles. The highest BCUT2D eigenvalue weighted by Gasteiger charge is 2.31. The Hall–Kier alpha value is -5.71. The van der Waals surface area contributed by atoms with Crippen LogP contribution in [-0.4, -0.2) is 102 Å². The number of pyridine rings is 1. The van der Waals surface area contributed by atoms with E-state index in [1.165, 1.54) is 45.1 Å². The predicted molar refractivity (Wildman–Crippen MR) is 279 cm³/mol. The molecule has 0 spiro atoms. The molecule has 2 unspecified atom stereocenters. The van der Waals surface area contributed by atoms with Crippen LogP contribution >= 0.6 is 0 Å². The van der Waals surface area contributed by atoms with Crippen LogP contribution in [0.2, 0.25) is 0 Å². The van der Waals surface area contributed by atoms with E-state index < -0.39 is 0 Å². The number of nitrogens with zero attached hydrogens (tertiary/aromatic N) is 6. The molecule has 1 aromatic carbocycles. The maximum Gasteiger partial charge on any atom is 0.258 e. The Labute approximate surface area is 403 Å². The summed E-state index contributed by atoms with van der Waals surface area (Å²) in [6.07, 6.45) is 21.4. The molecule has 1 aliphatic rings. The summed E-state index contributed by atoms with van der Waals surface area (Å²) in [6, 6.07) is 10.8. The number of allylic oxidation sites excluding steroid dienone is 1. The zero-order valence-electron chi connectivity index (χ0n) is 43.1. The third-order valence-electron chi connectivity index (χ3n) is 12.2. The number of hydrogen-bond acceptors (Lipinski definition) is 10. The van der Waals surface area contributed by atoms with Gasteiger partial charge in [-0.2, -0.15) is 5.53 Å². The maximum absolute atomic E-state index is 13.0. The first kappa shape index (κ1) is 57.4. The number of unbranched alkanes of at least 4 members (excludes halogenated alkanes) is 3. The zero-order valence-corrected chi connectivity index (χ0v) is 43.1. The molecule has 13 nitrogen and oxygen atoms in total. The van der Waals surface area contributed by atoms with Gasteiger partial charge in [-0.25, -0.2) is 5.43 Å². The second kappa shape index (κ2) is 29.1. The predicted octanol–water partition coefficient (Wildman–Crippen LogP) is 9.52. The van der Waals surface area contributed by atoms with Crippen molar-refractivity contribution < 1.29 is 19.1 Å². The molecule has 368 valence electrons. The molecule has 67 heavy (non-hydrogen) atoms. The van der Waals surface area contributed by atoms with Crippen molar-refractivity contribution >= 4 is 40.9 Å². The number of aryl methyl sites for hydroxylation is 1. The lowest BCUT2D eigenvalue weighted by Gasteiger charge is -2.42. The van der Waals surface area contributed by atoms with Crippen LogP contribution in [-0.2, 0) is 32.1 Å². The normalized spacial score (nSPS) is 13.5. The summed E-state index contributed by atoms with van der Waals surface area (Å²) >= 11 is 0. The van der Waals surface area contributed by atoms with E-state index >= 15 is 0 Å². The molecule has 4 rings (SSSR count). The fourth-order valence-electron chi connectivity index (χ4n) is 8.18. The van der Waals surface area contributed by atoms with Gasteiger partial charge < -0.3 is 28.8 Å². The first-order valence-electron chi connectivity index (χ1n) is 23.9. The summed E-state index contributed by atoms with van der Waals surface area (Å²) in [6.45, 7) is 33.1. The third-order valence-corrected chi connectivity index (χ3v) is 12.2.